The first-order chi connectivity index (χ1) is 9.65. The Kier molecular flexibility index (Phi) is 5.77. The summed E-state index contributed by atoms with van der Waals surface area (Å²) in [6.45, 7) is 1.75. The van der Waals surface area contributed by atoms with E-state index in [0.29, 0.717) is 0 Å². The average molecular weight is 334 g/mol. The smallest absolute Gasteiger partial charge is 0.0802 e. The molecule has 0 aromatic heterocycles. The van der Waals surface area contributed by atoms with E-state index in [0.717, 1.165) is 29.5 Å². The first-order valence-corrected chi connectivity index (χ1v) is 7.60. The summed E-state index contributed by atoms with van der Waals surface area (Å²) in [7, 11) is 2.08. The van der Waals surface area contributed by atoms with Crippen LogP contribution < -0.4 is 0 Å². The van der Waals surface area contributed by atoms with Crippen molar-refractivity contribution in [3.8, 4) is 0 Å². The van der Waals surface area contributed by atoms with Crippen molar-refractivity contribution >= 4 is 15.9 Å². The molecule has 0 saturated heterocycles. The summed E-state index contributed by atoms with van der Waals surface area (Å²) in [6.07, 6.45) is 0.357. The molecule has 106 valence electrons. The lowest BCUT2D eigenvalue weighted by molar-refractivity contribution is 0.147. The van der Waals surface area contributed by atoms with Gasteiger partial charge in [0.2, 0.25) is 0 Å². The van der Waals surface area contributed by atoms with Crippen LogP contribution >= 0.6 is 15.9 Å². The maximum atomic E-state index is 10.1. The Labute approximate surface area is 129 Å². The van der Waals surface area contributed by atoms with Crippen molar-refractivity contribution in [3.05, 3.63) is 70.2 Å². The normalized spacial score (nSPS) is 12.6. The zero-order valence-electron chi connectivity index (χ0n) is 11.7. The minimum Gasteiger partial charge on any atom is -0.388 e. The van der Waals surface area contributed by atoms with E-state index < -0.39 is 0 Å². The van der Waals surface area contributed by atoms with Crippen LogP contribution in [0, 0.1) is 0 Å². The number of nitrogens with zero attached hydrogens (tertiary/aromatic N) is 1. The third kappa shape index (κ3) is 4.75. The summed E-state index contributed by atoms with van der Waals surface area (Å²) in [5.41, 5.74) is 2.26. The molecule has 1 N–H and O–H groups in total. The first kappa shape index (κ1) is 15.2. The van der Waals surface area contributed by atoms with Crippen LogP contribution in [0.4, 0.5) is 0 Å². The zero-order valence-corrected chi connectivity index (χ0v) is 13.3. The Bertz CT molecular complexity index is 530. The number of hydrogen-bond donors (Lipinski definition) is 1. The molecule has 0 aliphatic rings. The molecule has 0 aliphatic heterocycles. The summed E-state index contributed by atoms with van der Waals surface area (Å²) in [5, 5.41) is 10.1. The molecule has 1 atom stereocenters. The minimum atomic E-state index is -0.388. The van der Waals surface area contributed by atoms with Gasteiger partial charge in [0.1, 0.15) is 0 Å². The van der Waals surface area contributed by atoms with Gasteiger partial charge in [0, 0.05) is 17.6 Å². The van der Waals surface area contributed by atoms with E-state index in [2.05, 4.69) is 40.0 Å². The Morgan fingerprint density at radius 2 is 1.85 bits per heavy atom. The highest BCUT2D eigenvalue weighted by Gasteiger charge is 2.08. The molecule has 0 radical (unpaired) electrons. The van der Waals surface area contributed by atoms with Crippen LogP contribution in [-0.2, 0) is 6.54 Å². The highest BCUT2D eigenvalue weighted by atomic mass is 79.9. The fourth-order valence-corrected chi connectivity index (χ4v) is 2.66. The highest BCUT2D eigenvalue weighted by Crippen LogP contribution is 2.17. The summed E-state index contributed by atoms with van der Waals surface area (Å²) >= 11 is 3.49. The number of halogens is 1. The second kappa shape index (κ2) is 7.58. The summed E-state index contributed by atoms with van der Waals surface area (Å²) in [4.78, 5) is 2.23. The van der Waals surface area contributed by atoms with Crippen molar-refractivity contribution in [3.63, 3.8) is 0 Å². The molecule has 2 rings (SSSR count). The Morgan fingerprint density at radius 1 is 1.10 bits per heavy atom. The van der Waals surface area contributed by atoms with Crippen LogP contribution in [0.25, 0.3) is 0 Å². The monoisotopic (exact) mass is 333 g/mol. The Balaban J connectivity index is 1.82. The number of aliphatic hydroxyl groups is 1. The van der Waals surface area contributed by atoms with E-state index in [1.165, 1.54) is 5.56 Å². The van der Waals surface area contributed by atoms with Gasteiger partial charge < -0.3 is 10.0 Å². The van der Waals surface area contributed by atoms with Crippen LogP contribution in [0.5, 0.6) is 0 Å². The number of aliphatic hydroxyl groups excluding tert-OH is 1. The standard InChI is InChI=1S/C17H20BrNO/c1-19(13-14-6-5-9-16(18)12-14)11-10-17(20)15-7-3-2-4-8-15/h2-9,12,17,20H,10-11,13H2,1H3. The number of hydrogen-bond acceptors (Lipinski definition) is 2. The predicted octanol–water partition coefficient (Wildman–Crippen LogP) is 4.00. The minimum absolute atomic E-state index is 0.388. The quantitative estimate of drug-likeness (QED) is 0.863. The summed E-state index contributed by atoms with van der Waals surface area (Å²) < 4.78 is 1.10. The van der Waals surface area contributed by atoms with Crippen LogP contribution in [-0.4, -0.2) is 23.6 Å². The van der Waals surface area contributed by atoms with Gasteiger partial charge in [0.15, 0.2) is 0 Å². The van der Waals surface area contributed by atoms with Crippen molar-refractivity contribution in [2.24, 2.45) is 0 Å². The SMILES string of the molecule is CN(CCC(O)c1ccccc1)Cc1cccc(Br)c1. The fraction of sp³-hybridized carbons (Fsp3) is 0.294. The van der Waals surface area contributed by atoms with Crippen molar-refractivity contribution in [1.82, 2.24) is 4.90 Å². The molecule has 0 fully saturated rings. The molecular weight excluding hydrogens is 314 g/mol. The van der Waals surface area contributed by atoms with E-state index in [1.807, 2.05) is 42.5 Å². The van der Waals surface area contributed by atoms with Gasteiger partial charge >= 0.3 is 0 Å². The number of rotatable bonds is 6. The van der Waals surface area contributed by atoms with Crippen LogP contribution in [0.3, 0.4) is 0 Å². The largest absolute Gasteiger partial charge is 0.388 e. The summed E-state index contributed by atoms with van der Waals surface area (Å²) in [6, 6.07) is 18.2. The lowest BCUT2D eigenvalue weighted by Crippen LogP contribution is -2.20. The van der Waals surface area contributed by atoms with Crippen molar-refractivity contribution in [2.75, 3.05) is 13.6 Å². The third-order valence-corrected chi connectivity index (χ3v) is 3.80. The van der Waals surface area contributed by atoms with Gasteiger partial charge in [0.05, 0.1) is 6.10 Å². The van der Waals surface area contributed by atoms with Crippen molar-refractivity contribution in [2.45, 2.75) is 19.1 Å². The van der Waals surface area contributed by atoms with E-state index in [9.17, 15) is 5.11 Å². The van der Waals surface area contributed by atoms with E-state index >= 15 is 0 Å². The second-order valence-electron chi connectivity index (χ2n) is 5.08. The van der Waals surface area contributed by atoms with Gasteiger partial charge in [-0.2, -0.15) is 0 Å². The molecule has 0 spiro atoms. The highest BCUT2D eigenvalue weighted by molar-refractivity contribution is 9.10. The molecule has 0 amide bonds. The molecule has 1 unspecified atom stereocenters. The van der Waals surface area contributed by atoms with Gasteiger partial charge in [-0.15, -0.1) is 0 Å². The topological polar surface area (TPSA) is 23.5 Å². The molecular formula is C17H20BrNO. The Morgan fingerprint density at radius 3 is 2.55 bits per heavy atom. The molecule has 0 aliphatic carbocycles. The second-order valence-corrected chi connectivity index (χ2v) is 6.00. The van der Waals surface area contributed by atoms with E-state index in [1.54, 1.807) is 0 Å². The predicted molar refractivity (Wildman–Crippen MR) is 86.5 cm³/mol. The van der Waals surface area contributed by atoms with Crippen LogP contribution in [0.15, 0.2) is 59.1 Å². The lowest BCUT2D eigenvalue weighted by atomic mass is 10.1. The molecule has 0 saturated carbocycles. The molecule has 2 aromatic carbocycles. The zero-order chi connectivity index (χ0) is 14.4. The van der Waals surface area contributed by atoms with E-state index in [4.69, 9.17) is 0 Å². The third-order valence-electron chi connectivity index (χ3n) is 3.31. The van der Waals surface area contributed by atoms with Crippen LogP contribution in [0.1, 0.15) is 23.7 Å². The van der Waals surface area contributed by atoms with Gasteiger partial charge in [-0.3, -0.25) is 0 Å². The maximum absolute atomic E-state index is 10.1. The van der Waals surface area contributed by atoms with Gasteiger partial charge in [-0.25, -0.2) is 0 Å². The van der Waals surface area contributed by atoms with Gasteiger partial charge in [0.25, 0.3) is 0 Å². The van der Waals surface area contributed by atoms with Crippen molar-refractivity contribution in [1.29, 1.82) is 0 Å². The van der Waals surface area contributed by atoms with Crippen LogP contribution in [0.2, 0.25) is 0 Å². The lowest BCUT2D eigenvalue weighted by Gasteiger charge is -2.19. The molecule has 0 bridgehead atoms. The molecule has 0 heterocycles. The number of benzene rings is 2. The van der Waals surface area contributed by atoms with Gasteiger partial charge in [-0.05, 0) is 36.7 Å². The average Bonchev–Trinajstić information content (AvgIpc) is 2.46. The van der Waals surface area contributed by atoms with Crippen molar-refractivity contribution < 1.29 is 5.11 Å². The Hall–Kier alpha value is -1.16. The molecule has 2 nitrogen and oxygen atoms in total. The summed E-state index contributed by atoms with van der Waals surface area (Å²) in [5.74, 6) is 0. The molecule has 2 aromatic rings. The fourth-order valence-electron chi connectivity index (χ4n) is 2.21. The van der Waals surface area contributed by atoms with Gasteiger partial charge in [-0.1, -0.05) is 58.4 Å². The molecule has 3 heteroatoms. The maximum Gasteiger partial charge on any atom is 0.0802 e. The first-order valence-electron chi connectivity index (χ1n) is 6.81. The molecule has 20 heavy (non-hydrogen) atoms. The van der Waals surface area contributed by atoms with E-state index in [-0.39, 0.29) is 6.10 Å².